The Hall–Kier alpha value is -2.68. The zero-order chi connectivity index (χ0) is 15.7. The van der Waals surface area contributed by atoms with Crippen molar-refractivity contribution in [3.05, 3.63) is 47.0 Å². The van der Waals surface area contributed by atoms with Gasteiger partial charge in [-0.1, -0.05) is 0 Å². The Balaban J connectivity index is 1.88. The van der Waals surface area contributed by atoms with Gasteiger partial charge in [0.25, 0.3) is 5.91 Å². The molecule has 1 fully saturated rings. The minimum absolute atomic E-state index is 0.0546. The Labute approximate surface area is 129 Å². The van der Waals surface area contributed by atoms with Crippen molar-refractivity contribution in [2.45, 2.75) is 25.8 Å². The van der Waals surface area contributed by atoms with Crippen molar-refractivity contribution in [2.75, 3.05) is 6.54 Å². The molecule has 1 atom stereocenters. The van der Waals surface area contributed by atoms with Gasteiger partial charge in [0.1, 0.15) is 11.8 Å². The van der Waals surface area contributed by atoms with E-state index in [1.807, 2.05) is 24.3 Å². The van der Waals surface area contributed by atoms with Crippen LogP contribution in [0, 0.1) is 18.3 Å². The largest absolute Gasteiger partial charge is 0.330 e. The SMILES string of the molecule is Cc1nc(C(=O)N2CCC[C@H]2c2cnn(C)c2)ccc1C#N. The van der Waals surface area contributed by atoms with Crippen molar-refractivity contribution in [3.8, 4) is 6.07 Å². The van der Waals surface area contributed by atoms with Crippen LogP contribution in [0.5, 0.6) is 0 Å². The van der Waals surface area contributed by atoms with Crippen LogP contribution in [0.25, 0.3) is 0 Å². The molecule has 2 aromatic rings. The van der Waals surface area contributed by atoms with Gasteiger partial charge in [-0.3, -0.25) is 9.48 Å². The van der Waals surface area contributed by atoms with E-state index in [1.165, 1.54) is 0 Å². The molecule has 0 saturated carbocycles. The highest BCUT2D eigenvalue weighted by Gasteiger charge is 2.32. The third-order valence-corrected chi connectivity index (χ3v) is 4.05. The Morgan fingerprint density at radius 3 is 2.91 bits per heavy atom. The fourth-order valence-electron chi connectivity index (χ4n) is 2.91. The predicted octanol–water partition coefficient (Wildman–Crippen LogP) is 1.97. The first-order valence-electron chi connectivity index (χ1n) is 7.27. The van der Waals surface area contributed by atoms with Crippen molar-refractivity contribution < 1.29 is 4.79 Å². The molecule has 2 aromatic heterocycles. The Morgan fingerprint density at radius 2 is 2.27 bits per heavy atom. The van der Waals surface area contributed by atoms with E-state index in [2.05, 4.69) is 16.2 Å². The summed E-state index contributed by atoms with van der Waals surface area (Å²) in [6.45, 7) is 2.47. The lowest BCUT2D eigenvalue weighted by Crippen LogP contribution is -2.31. The third kappa shape index (κ3) is 2.46. The van der Waals surface area contributed by atoms with Gasteiger partial charge in [-0.25, -0.2) is 4.98 Å². The predicted molar refractivity (Wildman–Crippen MR) is 79.9 cm³/mol. The summed E-state index contributed by atoms with van der Waals surface area (Å²) in [7, 11) is 1.87. The first kappa shape index (κ1) is 14.3. The monoisotopic (exact) mass is 295 g/mol. The lowest BCUT2D eigenvalue weighted by Gasteiger charge is -2.23. The molecule has 1 aliphatic rings. The van der Waals surface area contributed by atoms with Crippen molar-refractivity contribution in [1.29, 1.82) is 5.26 Å². The van der Waals surface area contributed by atoms with Gasteiger partial charge in [0.2, 0.25) is 0 Å². The lowest BCUT2D eigenvalue weighted by molar-refractivity contribution is 0.0729. The Morgan fingerprint density at radius 1 is 1.45 bits per heavy atom. The second-order valence-electron chi connectivity index (χ2n) is 5.55. The summed E-state index contributed by atoms with van der Waals surface area (Å²) in [6, 6.07) is 5.41. The minimum Gasteiger partial charge on any atom is -0.330 e. The first-order chi connectivity index (χ1) is 10.6. The van der Waals surface area contributed by atoms with E-state index >= 15 is 0 Å². The molecule has 1 amide bonds. The first-order valence-corrected chi connectivity index (χ1v) is 7.27. The molecule has 0 bridgehead atoms. The highest BCUT2D eigenvalue weighted by atomic mass is 16.2. The van der Waals surface area contributed by atoms with Gasteiger partial charge in [-0.05, 0) is 31.9 Å². The molecular weight excluding hydrogens is 278 g/mol. The number of pyridine rings is 1. The molecule has 0 N–H and O–H groups in total. The van der Waals surface area contributed by atoms with Crippen molar-refractivity contribution in [2.24, 2.45) is 7.05 Å². The number of nitriles is 1. The number of hydrogen-bond acceptors (Lipinski definition) is 4. The van der Waals surface area contributed by atoms with Gasteiger partial charge < -0.3 is 4.90 Å². The van der Waals surface area contributed by atoms with Crippen LogP contribution in [0.1, 0.15) is 46.2 Å². The second-order valence-corrected chi connectivity index (χ2v) is 5.55. The van der Waals surface area contributed by atoms with Gasteiger partial charge in [0.05, 0.1) is 23.5 Å². The minimum atomic E-state index is -0.0843. The van der Waals surface area contributed by atoms with Crippen LogP contribution in [-0.4, -0.2) is 32.1 Å². The molecule has 0 radical (unpaired) electrons. The molecule has 0 spiro atoms. The summed E-state index contributed by atoms with van der Waals surface area (Å²) in [5, 5.41) is 13.1. The number of amides is 1. The normalized spacial score (nSPS) is 17.5. The number of aryl methyl sites for hydroxylation is 2. The van der Waals surface area contributed by atoms with E-state index in [-0.39, 0.29) is 11.9 Å². The molecular formula is C16H17N5O. The van der Waals surface area contributed by atoms with Crippen molar-refractivity contribution in [1.82, 2.24) is 19.7 Å². The Kier molecular flexibility index (Phi) is 3.63. The lowest BCUT2D eigenvalue weighted by atomic mass is 10.1. The number of carbonyl (C=O) groups is 1. The third-order valence-electron chi connectivity index (χ3n) is 4.05. The van der Waals surface area contributed by atoms with Crippen LogP contribution in [0.4, 0.5) is 0 Å². The molecule has 22 heavy (non-hydrogen) atoms. The van der Waals surface area contributed by atoms with Gasteiger partial charge in [-0.2, -0.15) is 10.4 Å². The molecule has 1 saturated heterocycles. The molecule has 6 heteroatoms. The summed E-state index contributed by atoms with van der Waals surface area (Å²) in [5.74, 6) is -0.0843. The van der Waals surface area contributed by atoms with E-state index in [0.29, 0.717) is 17.0 Å². The van der Waals surface area contributed by atoms with Gasteiger partial charge in [0, 0.05) is 25.4 Å². The average Bonchev–Trinajstić information content (AvgIpc) is 3.14. The van der Waals surface area contributed by atoms with Crippen LogP contribution in [0.15, 0.2) is 24.5 Å². The van der Waals surface area contributed by atoms with Crippen LogP contribution in [0.3, 0.4) is 0 Å². The summed E-state index contributed by atoms with van der Waals surface area (Å²) >= 11 is 0. The quantitative estimate of drug-likeness (QED) is 0.849. The maximum atomic E-state index is 12.7. The van der Waals surface area contributed by atoms with Crippen LogP contribution < -0.4 is 0 Å². The van der Waals surface area contributed by atoms with E-state index in [0.717, 1.165) is 24.9 Å². The van der Waals surface area contributed by atoms with E-state index in [4.69, 9.17) is 5.26 Å². The molecule has 0 aliphatic carbocycles. The molecule has 0 unspecified atom stereocenters. The molecule has 3 rings (SSSR count). The summed E-state index contributed by atoms with van der Waals surface area (Å²) in [4.78, 5) is 18.9. The fourth-order valence-corrected chi connectivity index (χ4v) is 2.91. The zero-order valence-electron chi connectivity index (χ0n) is 12.7. The Bertz CT molecular complexity index is 758. The molecule has 112 valence electrons. The molecule has 3 heterocycles. The summed E-state index contributed by atoms with van der Waals surface area (Å²) < 4.78 is 1.75. The number of hydrogen-bond donors (Lipinski definition) is 0. The maximum absolute atomic E-state index is 12.7. The number of aromatic nitrogens is 3. The average molecular weight is 295 g/mol. The summed E-state index contributed by atoms with van der Waals surface area (Å²) in [5.41, 5.74) is 2.54. The van der Waals surface area contributed by atoms with Crippen LogP contribution >= 0.6 is 0 Å². The fraction of sp³-hybridized carbons (Fsp3) is 0.375. The van der Waals surface area contributed by atoms with E-state index in [1.54, 1.807) is 23.7 Å². The highest BCUT2D eigenvalue weighted by Crippen LogP contribution is 2.32. The van der Waals surface area contributed by atoms with Crippen molar-refractivity contribution >= 4 is 5.91 Å². The standard InChI is InChI=1S/C16H17N5O/c1-11-12(8-17)5-6-14(19-11)16(22)21-7-3-4-15(21)13-9-18-20(2)10-13/h5-6,9-10,15H,3-4,7H2,1-2H3/t15-/m0/s1. The smallest absolute Gasteiger partial charge is 0.272 e. The van der Waals surface area contributed by atoms with Gasteiger partial charge in [0.15, 0.2) is 0 Å². The van der Waals surface area contributed by atoms with E-state index < -0.39 is 0 Å². The van der Waals surface area contributed by atoms with Crippen molar-refractivity contribution in [3.63, 3.8) is 0 Å². The zero-order valence-corrected chi connectivity index (χ0v) is 12.7. The van der Waals surface area contributed by atoms with E-state index in [9.17, 15) is 4.79 Å². The number of nitrogens with zero attached hydrogens (tertiary/aromatic N) is 5. The topological polar surface area (TPSA) is 74.8 Å². The maximum Gasteiger partial charge on any atom is 0.272 e. The number of carbonyl (C=O) groups excluding carboxylic acids is 1. The molecule has 6 nitrogen and oxygen atoms in total. The summed E-state index contributed by atoms with van der Waals surface area (Å²) in [6.07, 6.45) is 5.68. The second kappa shape index (κ2) is 5.60. The number of likely N-dealkylation sites (tertiary alicyclic amines) is 1. The molecule has 1 aliphatic heterocycles. The van der Waals surface area contributed by atoms with Gasteiger partial charge >= 0.3 is 0 Å². The molecule has 0 aromatic carbocycles. The van der Waals surface area contributed by atoms with Gasteiger partial charge in [-0.15, -0.1) is 0 Å². The van der Waals surface area contributed by atoms with Crippen LogP contribution in [-0.2, 0) is 7.05 Å². The highest BCUT2D eigenvalue weighted by molar-refractivity contribution is 5.93. The number of rotatable bonds is 2. The van der Waals surface area contributed by atoms with Crippen LogP contribution in [0.2, 0.25) is 0 Å².